The molecule has 2 saturated carbocycles. The van der Waals surface area contributed by atoms with Gasteiger partial charge in [-0.05, 0) is 51.4 Å². The molecule has 1 saturated heterocycles. The molecule has 2 aliphatic carbocycles. The van der Waals surface area contributed by atoms with Gasteiger partial charge >= 0.3 is 6.09 Å². The van der Waals surface area contributed by atoms with Crippen molar-refractivity contribution in [2.45, 2.75) is 58.1 Å². The zero-order valence-electron chi connectivity index (χ0n) is 12.9. The van der Waals surface area contributed by atoms with Gasteiger partial charge in [-0.3, -0.25) is 4.79 Å². The number of fused-ring (bicyclic) bond motifs is 3. The van der Waals surface area contributed by atoms with Gasteiger partial charge in [0.15, 0.2) is 0 Å². The molecular weight excluding hydrogens is 270 g/mol. The molecular formula is C16H23NO4. The zero-order valence-corrected chi connectivity index (χ0v) is 12.9. The summed E-state index contributed by atoms with van der Waals surface area (Å²) in [6.07, 6.45) is 4.39. The second kappa shape index (κ2) is 4.82. The Labute approximate surface area is 125 Å². The van der Waals surface area contributed by atoms with Crippen molar-refractivity contribution in [3.05, 3.63) is 0 Å². The number of rotatable bonds is 1. The van der Waals surface area contributed by atoms with Crippen molar-refractivity contribution >= 4 is 18.3 Å². The van der Waals surface area contributed by atoms with Crippen molar-refractivity contribution in [3.8, 4) is 0 Å². The average Bonchev–Trinajstić information content (AvgIpc) is 2.96. The van der Waals surface area contributed by atoms with Crippen LogP contribution in [0.2, 0.25) is 0 Å². The molecule has 5 heteroatoms. The van der Waals surface area contributed by atoms with E-state index in [9.17, 15) is 14.4 Å². The standard InChI is InChI=1S/C16H23NO4/c1-16(2,3)21-15(20)17-13-10-6-4-5-9(10)7-11(13)12(8-18)14(17)19/h8-13H,4-7H2,1-3H3/t9-,10-,11+,12?,13+/m0/s1. The van der Waals surface area contributed by atoms with E-state index in [2.05, 4.69) is 0 Å². The number of imide groups is 1. The number of ether oxygens (including phenoxy) is 1. The molecule has 1 unspecified atom stereocenters. The first-order valence-electron chi connectivity index (χ1n) is 7.85. The van der Waals surface area contributed by atoms with Crippen LogP contribution in [-0.2, 0) is 14.3 Å². The Bertz CT molecular complexity index is 481. The quantitative estimate of drug-likeness (QED) is 0.550. The van der Waals surface area contributed by atoms with Crippen LogP contribution in [-0.4, -0.2) is 34.8 Å². The Morgan fingerprint density at radius 3 is 2.62 bits per heavy atom. The third-order valence-corrected chi connectivity index (χ3v) is 5.19. The Morgan fingerprint density at radius 2 is 2.00 bits per heavy atom. The first-order chi connectivity index (χ1) is 9.83. The molecule has 0 N–H and O–H groups in total. The number of carbonyl (C=O) groups excluding carboxylic acids is 3. The fraction of sp³-hybridized carbons (Fsp3) is 0.812. The van der Waals surface area contributed by atoms with Crippen LogP contribution in [0.5, 0.6) is 0 Å². The highest BCUT2D eigenvalue weighted by Gasteiger charge is 2.60. The molecule has 0 aromatic carbocycles. The maximum absolute atomic E-state index is 12.5. The largest absolute Gasteiger partial charge is 0.443 e. The van der Waals surface area contributed by atoms with Gasteiger partial charge in [-0.15, -0.1) is 0 Å². The van der Waals surface area contributed by atoms with Gasteiger partial charge in [0.2, 0.25) is 5.91 Å². The third kappa shape index (κ3) is 2.27. The van der Waals surface area contributed by atoms with E-state index >= 15 is 0 Å². The molecule has 5 nitrogen and oxygen atoms in total. The molecule has 0 radical (unpaired) electrons. The van der Waals surface area contributed by atoms with E-state index in [1.807, 2.05) is 0 Å². The van der Waals surface area contributed by atoms with E-state index < -0.39 is 17.6 Å². The van der Waals surface area contributed by atoms with E-state index in [4.69, 9.17) is 4.74 Å². The summed E-state index contributed by atoms with van der Waals surface area (Å²) in [6, 6.07) is -0.130. The van der Waals surface area contributed by atoms with Crippen LogP contribution >= 0.6 is 0 Å². The zero-order chi connectivity index (χ0) is 15.4. The minimum Gasteiger partial charge on any atom is -0.443 e. The number of carbonyl (C=O) groups is 3. The normalized spacial score (nSPS) is 38.3. The molecule has 3 aliphatic rings. The van der Waals surface area contributed by atoms with Crippen LogP contribution in [0.3, 0.4) is 0 Å². The van der Waals surface area contributed by atoms with Gasteiger partial charge in [0.1, 0.15) is 11.9 Å². The summed E-state index contributed by atoms with van der Waals surface area (Å²) in [6.45, 7) is 5.35. The van der Waals surface area contributed by atoms with Crippen molar-refractivity contribution in [2.75, 3.05) is 0 Å². The summed E-state index contributed by atoms with van der Waals surface area (Å²) < 4.78 is 5.39. The topological polar surface area (TPSA) is 63.7 Å². The minimum atomic E-state index is -0.659. The highest BCUT2D eigenvalue weighted by Crippen LogP contribution is 2.54. The first kappa shape index (κ1) is 14.5. The van der Waals surface area contributed by atoms with Crippen molar-refractivity contribution in [2.24, 2.45) is 23.7 Å². The summed E-state index contributed by atoms with van der Waals surface area (Å²) in [5.41, 5.74) is -0.639. The van der Waals surface area contributed by atoms with Crippen molar-refractivity contribution in [1.82, 2.24) is 4.90 Å². The summed E-state index contributed by atoms with van der Waals surface area (Å²) >= 11 is 0. The second-order valence-electron chi connectivity index (χ2n) is 7.60. The predicted octanol–water partition coefficient (Wildman–Crippen LogP) is 2.38. The molecule has 0 aromatic rings. The Balaban J connectivity index is 1.89. The maximum atomic E-state index is 12.5. The highest BCUT2D eigenvalue weighted by molar-refractivity contribution is 6.03. The number of hydrogen-bond acceptors (Lipinski definition) is 4. The summed E-state index contributed by atoms with van der Waals surface area (Å²) in [5, 5.41) is 0. The average molecular weight is 293 g/mol. The van der Waals surface area contributed by atoms with Crippen LogP contribution in [0, 0.1) is 23.7 Å². The van der Waals surface area contributed by atoms with Crippen LogP contribution in [0.4, 0.5) is 4.79 Å². The summed E-state index contributed by atoms with van der Waals surface area (Å²) in [4.78, 5) is 37.5. The molecule has 0 bridgehead atoms. The van der Waals surface area contributed by atoms with E-state index in [-0.39, 0.29) is 17.9 Å². The Kier molecular flexibility index (Phi) is 3.34. The van der Waals surface area contributed by atoms with E-state index in [0.29, 0.717) is 11.8 Å². The van der Waals surface area contributed by atoms with Gasteiger partial charge in [-0.25, -0.2) is 9.69 Å². The lowest BCUT2D eigenvalue weighted by Crippen LogP contribution is -2.45. The first-order valence-corrected chi connectivity index (χ1v) is 7.85. The predicted molar refractivity (Wildman–Crippen MR) is 75.4 cm³/mol. The maximum Gasteiger partial charge on any atom is 0.417 e. The Morgan fingerprint density at radius 1 is 1.29 bits per heavy atom. The van der Waals surface area contributed by atoms with Crippen molar-refractivity contribution < 1.29 is 19.1 Å². The number of aldehydes is 1. The van der Waals surface area contributed by atoms with Crippen LogP contribution in [0.25, 0.3) is 0 Å². The van der Waals surface area contributed by atoms with E-state index in [1.54, 1.807) is 20.8 Å². The number of amides is 2. The second-order valence-corrected chi connectivity index (χ2v) is 7.60. The van der Waals surface area contributed by atoms with Gasteiger partial charge < -0.3 is 9.53 Å². The van der Waals surface area contributed by atoms with Gasteiger partial charge in [-0.1, -0.05) is 12.8 Å². The van der Waals surface area contributed by atoms with Gasteiger partial charge in [0.25, 0.3) is 0 Å². The number of hydrogen-bond donors (Lipinski definition) is 0. The molecule has 21 heavy (non-hydrogen) atoms. The van der Waals surface area contributed by atoms with Crippen LogP contribution in [0.1, 0.15) is 46.5 Å². The van der Waals surface area contributed by atoms with Gasteiger partial charge in [-0.2, -0.15) is 0 Å². The van der Waals surface area contributed by atoms with Crippen molar-refractivity contribution in [3.63, 3.8) is 0 Å². The fourth-order valence-corrected chi connectivity index (χ4v) is 4.53. The van der Waals surface area contributed by atoms with Crippen molar-refractivity contribution in [1.29, 1.82) is 0 Å². The monoisotopic (exact) mass is 293 g/mol. The fourth-order valence-electron chi connectivity index (χ4n) is 4.53. The smallest absolute Gasteiger partial charge is 0.417 e. The Hall–Kier alpha value is -1.39. The van der Waals surface area contributed by atoms with E-state index in [1.165, 1.54) is 4.90 Å². The minimum absolute atomic E-state index is 0.00202. The summed E-state index contributed by atoms with van der Waals surface area (Å²) in [7, 11) is 0. The molecule has 5 atom stereocenters. The third-order valence-electron chi connectivity index (χ3n) is 5.19. The molecule has 2 amide bonds. The van der Waals surface area contributed by atoms with Gasteiger partial charge in [0, 0.05) is 0 Å². The lowest BCUT2D eigenvalue weighted by atomic mass is 9.90. The molecule has 0 spiro atoms. The van der Waals surface area contributed by atoms with Crippen LogP contribution in [0.15, 0.2) is 0 Å². The molecule has 3 rings (SSSR count). The molecule has 1 aliphatic heterocycles. The lowest BCUT2D eigenvalue weighted by Gasteiger charge is -2.30. The van der Waals surface area contributed by atoms with Crippen LogP contribution < -0.4 is 0 Å². The summed E-state index contributed by atoms with van der Waals surface area (Å²) in [5.74, 6) is -0.109. The lowest BCUT2D eigenvalue weighted by molar-refractivity contribution is -0.134. The van der Waals surface area contributed by atoms with E-state index in [0.717, 1.165) is 32.0 Å². The SMILES string of the molecule is CC(C)(C)OC(=O)N1C(=O)C(C=O)[C@H]2C[C@@H]3CCC[C@@H]3[C@H]21. The highest BCUT2D eigenvalue weighted by atomic mass is 16.6. The molecule has 3 fully saturated rings. The number of nitrogens with zero attached hydrogens (tertiary/aromatic N) is 1. The number of likely N-dealkylation sites (tertiary alicyclic amines) is 1. The molecule has 116 valence electrons. The van der Waals surface area contributed by atoms with Gasteiger partial charge in [0.05, 0.1) is 12.0 Å². The molecule has 0 aromatic heterocycles. The molecule has 1 heterocycles.